The molecule has 6 nitrogen and oxygen atoms in total. The van der Waals surface area contributed by atoms with Crippen LogP contribution in [0, 0.1) is 0 Å². The third-order valence-corrected chi connectivity index (χ3v) is 6.51. The zero-order chi connectivity index (χ0) is 21.2. The van der Waals surface area contributed by atoms with Gasteiger partial charge in [-0.15, -0.1) is 11.3 Å². The molecule has 2 N–H and O–H groups in total. The van der Waals surface area contributed by atoms with Crippen LogP contribution in [0.5, 0.6) is 0 Å². The highest BCUT2D eigenvalue weighted by Crippen LogP contribution is 2.32. The molecule has 150 valence electrons. The van der Waals surface area contributed by atoms with E-state index in [1.165, 1.54) is 35.6 Å². The van der Waals surface area contributed by atoms with Crippen molar-refractivity contribution in [2.45, 2.75) is 4.90 Å². The number of hydrogen-bond donors (Lipinski definition) is 2. The summed E-state index contributed by atoms with van der Waals surface area (Å²) in [5.41, 5.74) is 5.62. The lowest BCUT2D eigenvalue weighted by Crippen LogP contribution is -2.41. The van der Waals surface area contributed by atoms with Crippen LogP contribution in [0.25, 0.3) is 10.4 Å². The predicted octanol–water partition coefficient (Wildman–Crippen LogP) is 4.20. The first kappa shape index (κ1) is 21.3. The summed E-state index contributed by atoms with van der Waals surface area (Å²) in [6.45, 7) is 0. The van der Waals surface area contributed by atoms with Gasteiger partial charge in [-0.25, -0.2) is 8.42 Å². The number of hydrazine groups is 1. The fraction of sp³-hybridized carbons (Fsp3) is 0.0526. The molecule has 0 saturated heterocycles. The number of nitrogens with one attached hydrogen (secondary N) is 2. The first-order valence-electron chi connectivity index (χ1n) is 8.10. The number of rotatable bonds is 4. The number of amides is 2. The first-order chi connectivity index (χ1) is 13.6. The number of benzene rings is 2. The van der Waals surface area contributed by atoms with Gasteiger partial charge in [0, 0.05) is 26.7 Å². The maximum Gasteiger partial charge on any atom is 0.279 e. The highest BCUT2D eigenvalue weighted by Gasteiger charge is 2.14. The molecule has 2 aromatic carbocycles. The Morgan fingerprint density at radius 3 is 2.03 bits per heavy atom. The lowest BCUT2D eigenvalue weighted by molar-refractivity contribution is 0.0849. The van der Waals surface area contributed by atoms with Crippen LogP contribution in [-0.4, -0.2) is 26.5 Å². The van der Waals surface area contributed by atoms with Crippen LogP contribution in [0.15, 0.2) is 59.5 Å². The maximum atomic E-state index is 12.3. The number of sulfone groups is 1. The van der Waals surface area contributed by atoms with Gasteiger partial charge in [0.05, 0.1) is 9.77 Å². The van der Waals surface area contributed by atoms with Crippen molar-refractivity contribution in [1.82, 2.24) is 10.9 Å². The monoisotopic (exact) mass is 468 g/mol. The van der Waals surface area contributed by atoms with Crippen molar-refractivity contribution in [3.8, 4) is 10.4 Å². The number of halogens is 2. The molecule has 0 aliphatic rings. The summed E-state index contributed by atoms with van der Waals surface area (Å²) >= 11 is 13.2. The molecular formula is C19H14Cl2N2O4S2. The number of hydrogen-bond acceptors (Lipinski definition) is 5. The molecule has 3 rings (SSSR count). The molecule has 1 heterocycles. The third kappa shape index (κ3) is 5.36. The van der Waals surface area contributed by atoms with Crippen LogP contribution in [0.3, 0.4) is 0 Å². The molecular weight excluding hydrogens is 455 g/mol. The molecule has 0 aliphatic heterocycles. The van der Waals surface area contributed by atoms with E-state index in [9.17, 15) is 18.0 Å². The molecule has 0 fully saturated rings. The summed E-state index contributed by atoms with van der Waals surface area (Å²) in [5.74, 6) is -1.06. The van der Waals surface area contributed by atoms with E-state index in [-0.39, 0.29) is 10.5 Å². The molecule has 0 radical (unpaired) electrons. The summed E-state index contributed by atoms with van der Waals surface area (Å²) in [6, 6.07) is 13.9. The fourth-order valence-corrected chi connectivity index (χ4v) is 4.46. The van der Waals surface area contributed by atoms with Crippen molar-refractivity contribution in [1.29, 1.82) is 0 Å². The molecule has 0 aliphatic carbocycles. The van der Waals surface area contributed by atoms with E-state index in [4.69, 9.17) is 23.2 Å². The Balaban J connectivity index is 1.65. The quantitative estimate of drug-likeness (QED) is 0.561. The van der Waals surface area contributed by atoms with Gasteiger partial charge < -0.3 is 0 Å². The van der Waals surface area contributed by atoms with Crippen LogP contribution in [0.4, 0.5) is 0 Å². The van der Waals surface area contributed by atoms with Gasteiger partial charge in [0.15, 0.2) is 9.84 Å². The summed E-state index contributed by atoms with van der Waals surface area (Å²) < 4.78 is 22.9. The molecule has 10 heteroatoms. The summed E-state index contributed by atoms with van der Waals surface area (Å²) in [6.07, 6.45) is 1.08. The van der Waals surface area contributed by atoms with Crippen LogP contribution in [0.1, 0.15) is 20.0 Å². The Kier molecular flexibility index (Phi) is 6.28. The zero-order valence-electron chi connectivity index (χ0n) is 14.9. The van der Waals surface area contributed by atoms with E-state index < -0.39 is 21.7 Å². The maximum absolute atomic E-state index is 12.3. The third-order valence-electron chi connectivity index (χ3n) is 3.81. The second-order valence-electron chi connectivity index (χ2n) is 6.03. The molecule has 2 amide bonds. The first-order valence-corrected chi connectivity index (χ1v) is 11.6. The minimum absolute atomic E-state index is 0.102. The number of carbonyl (C=O) groups is 2. The Bertz CT molecular complexity index is 1170. The summed E-state index contributed by atoms with van der Waals surface area (Å²) in [4.78, 5) is 25.7. The molecule has 0 bridgehead atoms. The van der Waals surface area contributed by atoms with Gasteiger partial charge in [0.1, 0.15) is 0 Å². The normalized spacial score (nSPS) is 11.1. The van der Waals surface area contributed by atoms with Crippen LogP contribution >= 0.6 is 34.5 Å². The lowest BCUT2D eigenvalue weighted by Gasteiger charge is -2.07. The van der Waals surface area contributed by atoms with Crippen LogP contribution < -0.4 is 10.9 Å². The highest BCUT2D eigenvalue weighted by molar-refractivity contribution is 7.90. The van der Waals surface area contributed by atoms with E-state index in [1.54, 1.807) is 30.3 Å². The van der Waals surface area contributed by atoms with Gasteiger partial charge in [0.25, 0.3) is 11.8 Å². The molecule has 0 spiro atoms. The molecule has 0 atom stereocenters. The largest absolute Gasteiger partial charge is 0.279 e. The van der Waals surface area contributed by atoms with Crippen LogP contribution in [-0.2, 0) is 9.84 Å². The van der Waals surface area contributed by atoms with E-state index in [2.05, 4.69) is 10.9 Å². The SMILES string of the molecule is CS(=O)(=O)c1ccc(C(=O)NNC(=O)c2ccc(-c3cc(Cl)cc(Cl)c3)s2)cc1. The Labute approximate surface area is 181 Å². The molecule has 0 unspecified atom stereocenters. The Morgan fingerprint density at radius 2 is 1.45 bits per heavy atom. The van der Waals surface area contributed by atoms with Crippen molar-refractivity contribution in [2.24, 2.45) is 0 Å². The van der Waals surface area contributed by atoms with Gasteiger partial charge in [0.2, 0.25) is 0 Å². The van der Waals surface area contributed by atoms with Crippen molar-refractivity contribution in [3.63, 3.8) is 0 Å². The van der Waals surface area contributed by atoms with Crippen molar-refractivity contribution >= 4 is 56.2 Å². The minimum Gasteiger partial charge on any atom is -0.267 e. The van der Waals surface area contributed by atoms with Gasteiger partial charge in [-0.05, 0) is 60.2 Å². The van der Waals surface area contributed by atoms with Gasteiger partial charge >= 0.3 is 0 Å². The summed E-state index contributed by atoms with van der Waals surface area (Å²) in [5, 5.41) is 0.974. The summed E-state index contributed by atoms with van der Waals surface area (Å²) in [7, 11) is -3.35. The van der Waals surface area contributed by atoms with Crippen molar-refractivity contribution in [3.05, 3.63) is 75.1 Å². The second-order valence-corrected chi connectivity index (χ2v) is 10.00. The van der Waals surface area contributed by atoms with Gasteiger partial charge in [-0.3, -0.25) is 20.4 Å². The Morgan fingerprint density at radius 1 is 0.862 bits per heavy atom. The molecule has 1 aromatic heterocycles. The fourth-order valence-electron chi connectivity index (χ4n) is 2.41. The van der Waals surface area contributed by atoms with Crippen molar-refractivity contribution < 1.29 is 18.0 Å². The second kappa shape index (κ2) is 8.54. The Hall–Kier alpha value is -2.39. The van der Waals surface area contributed by atoms with E-state index in [0.29, 0.717) is 14.9 Å². The van der Waals surface area contributed by atoms with Crippen molar-refractivity contribution in [2.75, 3.05) is 6.26 Å². The number of thiophene rings is 1. The highest BCUT2D eigenvalue weighted by atomic mass is 35.5. The predicted molar refractivity (Wildman–Crippen MR) is 114 cm³/mol. The van der Waals surface area contributed by atoms with E-state index in [1.807, 2.05) is 0 Å². The number of carbonyl (C=O) groups excluding carboxylic acids is 2. The van der Waals surface area contributed by atoms with E-state index >= 15 is 0 Å². The minimum atomic E-state index is -3.35. The van der Waals surface area contributed by atoms with Gasteiger partial charge in [-0.2, -0.15) is 0 Å². The molecule has 0 saturated carbocycles. The molecule has 29 heavy (non-hydrogen) atoms. The van der Waals surface area contributed by atoms with Crippen LogP contribution in [0.2, 0.25) is 10.0 Å². The average molecular weight is 469 g/mol. The smallest absolute Gasteiger partial charge is 0.267 e. The molecule has 3 aromatic rings. The topological polar surface area (TPSA) is 92.3 Å². The van der Waals surface area contributed by atoms with Gasteiger partial charge in [-0.1, -0.05) is 23.2 Å². The lowest BCUT2D eigenvalue weighted by atomic mass is 10.2. The zero-order valence-corrected chi connectivity index (χ0v) is 18.0. The van der Waals surface area contributed by atoms with E-state index in [0.717, 1.165) is 16.7 Å². The average Bonchev–Trinajstić information content (AvgIpc) is 3.15. The standard InChI is InChI=1S/C19H14Cl2N2O4S2/c1-29(26,27)15-4-2-11(3-5-15)18(24)22-23-19(25)17-7-6-16(28-17)12-8-13(20)10-14(21)9-12/h2-10H,1H3,(H,22,24)(H,23,25).